The van der Waals surface area contributed by atoms with E-state index >= 15 is 0 Å². The smallest absolute Gasteiger partial charge is 0.265 e. The van der Waals surface area contributed by atoms with Gasteiger partial charge in [0.1, 0.15) is 0 Å². The molecule has 0 aliphatic carbocycles. The van der Waals surface area contributed by atoms with Crippen molar-refractivity contribution < 1.29 is 4.79 Å². The van der Waals surface area contributed by atoms with Crippen LogP contribution in [-0.4, -0.2) is 10.9 Å². The Balaban J connectivity index is 1.57. The molecule has 0 fully saturated rings. The molecule has 0 atom stereocenters. The van der Waals surface area contributed by atoms with Gasteiger partial charge in [-0.3, -0.25) is 9.78 Å². The highest BCUT2D eigenvalue weighted by Crippen LogP contribution is 2.30. The van der Waals surface area contributed by atoms with Crippen LogP contribution in [0.4, 0.5) is 11.4 Å². The summed E-state index contributed by atoms with van der Waals surface area (Å²) < 4.78 is 0. The van der Waals surface area contributed by atoms with Crippen molar-refractivity contribution in [1.29, 1.82) is 0 Å². The molecule has 3 N–H and O–H groups in total. The lowest BCUT2D eigenvalue weighted by atomic mass is 10.1. The first-order valence-electron chi connectivity index (χ1n) is 8.33. The molecule has 2 aromatic carbocycles. The number of nitrogens with zero attached hydrogens (tertiary/aromatic N) is 1. The Labute approximate surface area is 165 Å². The third-order valence-corrected chi connectivity index (χ3v) is 5.57. The molecule has 134 valence electrons. The molecule has 1 amide bonds. The van der Waals surface area contributed by atoms with Gasteiger partial charge >= 0.3 is 0 Å². The number of aryl methyl sites for hydroxylation is 1. The number of nitrogens with two attached hydrogens (primary N) is 1. The van der Waals surface area contributed by atoms with Crippen LogP contribution in [0.3, 0.4) is 0 Å². The quantitative estimate of drug-likeness (QED) is 0.465. The van der Waals surface area contributed by atoms with E-state index in [0.717, 1.165) is 27.0 Å². The third kappa shape index (κ3) is 3.65. The van der Waals surface area contributed by atoms with Crippen LogP contribution in [0, 0.1) is 6.92 Å². The second-order valence-corrected chi connectivity index (χ2v) is 7.73. The molecule has 0 saturated heterocycles. The van der Waals surface area contributed by atoms with E-state index in [1.807, 2.05) is 67.6 Å². The van der Waals surface area contributed by atoms with E-state index in [0.29, 0.717) is 21.3 Å². The van der Waals surface area contributed by atoms with Gasteiger partial charge in [-0.1, -0.05) is 23.7 Å². The number of carbonyl (C=O) groups excluding carboxylic acids is 1. The predicted molar refractivity (Wildman–Crippen MR) is 114 cm³/mol. The molecule has 0 saturated carbocycles. The number of thiophene rings is 1. The molecule has 0 radical (unpaired) electrons. The molecular formula is C21H16ClN3OS. The summed E-state index contributed by atoms with van der Waals surface area (Å²) in [6.07, 6.45) is 0. The Hall–Kier alpha value is -2.89. The van der Waals surface area contributed by atoms with Crippen molar-refractivity contribution in [3.8, 4) is 10.4 Å². The van der Waals surface area contributed by atoms with Crippen molar-refractivity contribution in [2.45, 2.75) is 6.92 Å². The minimum Gasteiger partial charge on any atom is -0.398 e. The van der Waals surface area contributed by atoms with Crippen LogP contribution >= 0.6 is 22.9 Å². The average molecular weight is 394 g/mol. The Morgan fingerprint density at radius 3 is 2.63 bits per heavy atom. The third-order valence-electron chi connectivity index (χ3n) is 4.19. The molecule has 0 aliphatic heterocycles. The number of pyridine rings is 1. The Kier molecular flexibility index (Phi) is 4.56. The summed E-state index contributed by atoms with van der Waals surface area (Å²) in [5.41, 5.74) is 10.1. The van der Waals surface area contributed by atoms with Gasteiger partial charge in [0.25, 0.3) is 5.91 Å². The van der Waals surface area contributed by atoms with Crippen LogP contribution in [0.5, 0.6) is 0 Å². The highest BCUT2D eigenvalue weighted by Gasteiger charge is 2.12. The number of halogens is 1. The lowest BCUT2D eigenvalue weighted by Crippen LogP contribution is -2.10. The van der Waals surface area contributed by atoms with Crippen molar-refractivity contribution in [3.05, 3.63) is 76.3 Å². The zero-order valence-corrected chi connectivity index (χ0v) is 16.1. The van der Waals surface area contributed by atoms with Gasteiger partial charge in [0.2, 0.25) is 0 Å². The van der Waals surface area contributed by atoms with Crippen molar-refractivity contribution in [3.63, 3.8) is 0 Å². The van der Waals surface area contributed by atoms with Gasteiger partial charge in [-0.05, 0) is 61.0 Å². The van der Waals surface area contributed by atoms with Crippen LogP contribution in [0.25, 0.3) is 21.3 Å². The van der Waals surface area contributed by atoms with E-state index in [4.69, 9.17) is 17.3 Å². The largest absolute Gasteiger partial charge is 0.398 e. The minimum absolute atomic E-state index is 0.154. The van der Waals surface area contributed by atoms with Crippen LogP contribution < -0.4 is 11.1 Å². The molecular weight excluding hydrogens is 378 g/mol. The first kappa shape index (κ1) is 17.5. The zero-order chi connectivity index (χ0) is 19.0. The van der Waals surface area contributed by atoms with Gasteiger partial charge in [-0.15, -0.1) is 11.3 Å². The fourth-order valence-corrected chi connectivity index (χ4v) is 3.92. The number of fused-ring (bicyclic) bond motifs is 1. The summed E-state index contributed by atoms with van der Waals surface area (Å²) in [6, 6.07) is 18.7. The monoisotopic (exact) mass is 393 g/mol. The lowest BCUT2D eigenvalue weighted by molar-refractivity contribution is 0.103. The summed E-state index contributed by atoms with van der Waals surface area (Å²) in [5.74, 6) is -0.154. The fourth-order valence-electron chi connectivity index (χ4n) is 2.89. The topological polar surface area (TPSA) is 68.0 Å². The number of amides is 1. The SMILES string of the molecule is Cc1cc(N)c2cc(NC(=O)c3ccc(-c4ccc(Cl)cc4)s3)ccc2n1. The Morgan fingerprint density at radius 2 is 1.85 bits per heavy atom. The summed E-state index contributed by atoms with van der Waals surface area (Å²) in [6.45, 7) is 1.90. The Morgan fingerprint density at radius 1 is 1.07 bits per heavy atom. The molecule has 2 aromatic heterocycles. The predicted octanol–water partition coefficient (Wildman–Crippen LogP) is 5.76. The van der Waals surface area contributed by atoms with Crippen LogP contribution in [0.1, 0.15) is 15.4 Å². The standard InChI is InChI=1S/C21H16ClN3OS/c1-12-10-17(23)16-11-15(6-7-18(16)24-12)25-21(26)20-9-8-19(27-20)13-2-4-14(22)5-3-13/h2-11H,1H3,(H2,23,24)(H,25,26). The minimum atomic E-state index is -0.154. The maximum atomic E-state index is 12.6. The maximum Gasteiger partial charge on any atom is 0.265 e. The van der Waals surface area contributed by atoms with Gasteiger partial charge in [-0.25, -0.2) is 0 Å². The van der Waals surface area contributed by atoms with Gasteiger partial charge in [0.05, 0.1) is 10.4 Å². The number of hydrogen-bond acceptors (Lipinski definition) is 4. The first-order valence-corrected chi connectivity index (χ1v) is 9.53. The van der Waals surface area contributed by atoms with Crippen molar-refractivity contribution in [2.75, 3.05) is 11.1 Å². The number of nitrogen functional groups attached to an aromatic ring is 1. The molecule has 6 heteroatoms. The molecule has 4 nitrogen and oxygen atoms in total. The van der Waals surface area contributed by atoms with E-state index in [2.05, 4.69) is 10.3 Å². The number of benzene rings is 2. The van der Waals surface area contributed by atoms with Crippen LogP contribution in [0.2, 0.25) is 5.02 Å². The highest BCUT2D eigenvalue weighted by molar-refractivity contribution is 7.17. The number of carbonyl (C=O) groups is 1. The van der Waals surface area contributed by atoms with Gasteiger partial charge in [0, 0.05) is 32.4 Å². The van der Waals surface area contributed by atoms with E-state index in [1.54, 1.807) is 0 Å². The first-order chi connectivity index (χ1) is 13.0. The van der Waals surface area contributed by atoms with Crippen LogP contribution in [0.15, 0.2) is 60.7 Å². The van der Waals surface area contributed by atoms with Gasteiger partial charge < -0.3 is 11.1 Å². The molecule has 4 rings (SSSR count). The number of hydrogen-bond donors (Lipinski definition) is 2. The lowest BCUT2D eigenvalue weighted by Gasteiger charge is -2.08. The molecule has 0 unspecified atom stereocenters. The zero-order valence-electron chi connectivity index (χ0n) is 14.5. The molecule has 0 aliphatic rings. The summed E-state index contributed by atoms with van der Waals surface area (Å²) >= 11 is 7.37. The van der Waals surface area contributed by atoms with E-state index in [9.17, 15) is 4.79 Å². The van der Waals surface area contributed by atoms with E-state index in [-0.39, 0.29) is 5.91 Å². The molecule has 0 bridgehead atoms. The van der Waals surface area contributed by atoms with Crippen molar-refractivity contribution in [2.24, 2.45) is 0 Å². The number of nitrogens with one attached hydrogen (secondary N) is 1. The molecule has 27 heavy (non-hydrogen) atoms. The summed E-state index contributed by atoms with van der Waals surface area (Å²) in [4.78, 5) is 18.7. The molecule has 0 spiro atoms. The second kappa shape index (κ2) is 7.02. The molecule has 4 aromatic rings. The number of anilines is 2. The Bertz CT molecular complexity index is 1150. The van der Waals surface area contributed by atoms with E-state index < -0.39 is 0 Å². The van der Waals surface area contributed by atoms with Crippen LogP contribution in [-0.2, 0) is 0 Å². The average Bonchev–Trinajstić information content (AvgIpc) is 3.13. The van der Waals surface area contributed by atoms with Gasteiger partial charge in [-0.2, -0.15) is 0 Å². The summed E-state index contributed by atoms with van der Waals surface area (Å²) in [5, 5.41) is 4.45. The highest BCUT2D eigenvalue weighted by atomic mass is 35.5. The van der Waals surface area contributed by atoms with Crippen molar-refractivity contribution in [1.82, 2.24) is 4.98 Å². The van der Waals surface area contributed by atoms with E-state index in [1.165, 1.54) is 11.3 Å². The number of aromatic nitrogens is 1. The number of rotatable bonds is 3. The maximum absolute atomic E-state index is 12.6. The van der Waals surface area contributed by atoms with Gasteiger partial charge in [0.15, 0.2) is 0 Å². The second-order valence-electron chi connectivity index (χ2n) is 6.21. The van der Waals surface area contributed by atoms with Crippen molar-refractivity contribution >= 4 is 51.1 Å². The summed E-state index contributed by atoms with van der Waals surface area (Å²) in [7, 11) is 0. The molecule has 2 heterocycles. The fraction of sp³-hybridized carbons (Fsp3) is 0.0476. The normalized spacial score (nSPS) is 10.9.